The molecule has 0 aromatic rings. The number of aliphatic hydroxyl groups is 9. The van der Waals surface area contributed by atoms with E-state index in [2.05, 4.69) is 13.8 Å². The molecule has 3 aliphatic heterocycles. The summed E-state index contributed by atoms with van der Waals surface area (Å²) in [6, 6.07) is 0. The van der Waals surface area contributed by atoms with Crippen molar-refractivity contribution in [1.82, 2.24) is 0 Å². The molecule has 7 rings (SSSR count). The maximum Gasteiger partial charge on any atom is 0.160 e. The minimum atomic E-state index is -1.31. The zero-order valence-corrected chi connectivity index (χ0v) is 32.0. The number of ether oxygens (including phenoxy) is 6. The van der Waals surface area contributed by atoms with Crippen molar-refractivity contribution in [2.75, 3.05) is 19.8 Å². The van der Waals surface area contributed by atoms with Crippen molar-refractivity contribution in [3.8, 4) is 0 Å². The molecule has 3 saturated heterocycles. The Morgan fingerprint density at radius 1 is 0.611 bits per heavy atom. The van der Waals surface area contributed by atoms with E-state index in [4.69, 9.17) is 28.4 Å². The smallest absolute Gasteiger partial charge is 0.160 e. The van der Waals surface area contributed by atoms with Crippen LogP contribution in [0.15, 0.2) is 0 Å². The average molecular weight is 775 g/mol. The van der Waals surface area contributed by atoms with E-state index in [0.29, 0.717) is 11.8 Å². The van der Waals surface area contributed by atoms with Crippen LogP contribution in [0.5, 0.6) is 0 Å². The van der Waals surface area contributed by atoms with Crippen LogP contribution in [0.4, 0.5) is 0 Å². The molecule has 0 aromatic carbocycles. The third-order valence-electron chi connectivity index (χ3n) is 15.5. The maximum atomic E-state index is 12.3. The molecular formula is C39H66O15. The van der Waals surface area contributed by atoms with Gasteiger partial charge in [0.2, 0.25) is 0 Å². The maximum absolute atomic E-state index is 12.3. The van der Waals surface area contributed by atoms with Gasteiger partial charge >= 0.3 is 0 Å². The monoisotopic (exact) mass is 774 g/mol. The summed E-state index contributed by atoms with van der Waals surface area (Å²) in [6.45, 7) is 6.10. The molecule has 0 amide bonds. The van der Waals surface area contributed by atoms with Crippen LogP contribution in [0.25, 0.3) is 0 Å². The second kappa shape index (κ2) is 16.2. The van der Waals surface area contributed by atoms with E-state index in [-0.39, 0.29) is 67.9 Å². The van der Waals surface area contributed by atoms with Crippen molar-refractivity contribution in [3.05, 3.63) is 0 Å². The summed E-state index contributed by atoms with van der Waals surface area (Å²) in [4.78, 5) is 0. The largest absolute Gasteiger partial charge is 0.393 e. The van der Waals surface area contributed by atoms with E-state index in [1.807, 2.05) is 6.92 Å². The van der Waals surface area contributed by atoms with Crippen LogP contribution in [-0.2, 0) is 28.4 Å². The predicted octanol–water partition coefficient (Wildman–Crippen LogP) is 0.0621. The lowest BCUT2D eigenvalue weighted by Crippen LogP contribution is -2.62. The van der Waals surface area contributed by atoms with Gasteiger partial charge in [0.1, 0.15) is 36.6 Å². The van der Waals surface area contributed by atoms with Crippen LogP contribution in [0.1, 0.15) is 97.8 Å². The molecule has 7 fully saturated rings. The zero-order valence-electron chi connectivity index (χ0n) is 32.0. The van der Waals surface area contributed by atoms with Gasteiger partial charge in [0.15, 0.2) is 18.9 Å². The molecule has 0 bridgehead atoms. The quantitative estimate of drug-likeness (QED) is 0.143. The van der Waals surface area contributed by atoms with Gasteiger partial charge in [-0.05, 0) is 93.8 Å². The van der Waals surface area contributed by atoms with E-state index in [0.717, 1.165) is 57.8 Å². The fourth-order valence-electron chi connectivity index (χ4n) is 12.2. The first-order valence-electron chi connectivity index (χ1n) is 20.5. The first kappa shape index (κ1) is 41.6. The first-order chi connectivity index (χ1) is 25.5. The number of hydrogen-bond acceptors (Lipinski definition) is 15. The van der Waals surface area contributed by atoms with Gasteiger partial charge in [0, 0.05) is 24.7 Å². The van der Waals surface area contributed by atoms with Crippen LogP contribution in [-0.4, -0.2) is 157 Å². The molecule has 0 radical (unpaired) electrons. The van der Waals surface area contributed by atoms with Gasteiger partial charge in [-0.1, -0.05) is 13.8 Å². The van der Waals surface area contributed by atoms with Crippen LogP contribution in [0, 0.1) is 34.5 Å². The fourth-order valence-corrected chi connectivity index (χ4v) is 12.2. The second-order valence-electron chi connectivity index (χ2n) is 18.4. The van der Waals surface area contributed by atoms with Crippen LogP contribution in [0.3, 0.4) is 0 Å². The third kappa shape index (κ3) is 7.68. The molecule has 0 spiro atoms. The van der Waals surface area contributed by atoms with Gasteiger partial charge in [-0.3, -0.25) is 0 Å². The molecule has 4 aliphatic carbocycles. The number of hydrogen-bond donors (Lipinski definition) is 9. The Bertz CT molecular complexity index is 1260. The molecule has 15 nitrogen and oxygen atoms in total. The Hall–Kier alpha value is -0.600. The number of aliphatic hydroxyl groups excluding tert-OH is 8. The highest BCUT2D eigenvalue weighted by atomic mass is 16.7. The highest BCUT2D eigenvalue weighted by molar-refractivity contribution is 5.17. The van der Waals surface area contributed by atoms with E-state index in [9.17, 15) is 46.0 Å². The molecule has 15 heteroatoms. The van der Waals surface area contributed by atoms with Gasteiger partial charge in [-0.15, -0.1) is 0 Å². The molecule has 54 heavy (non-hydrogen) atoms. The summed E-state index contributed by atoms with van der Waals surface area (Å²) in [5.41, 5.74) is -0.903. The summed E-state index contributed by atoms with van der Waals surface area (Å²) in [7, 11) is 0. The third-order valence-corrected chi connectivity index (χ3v) is 15.5. The molecule has 9 N–H and O–H groups in total. The first-order valence-corrected chi connectivity index (χ1v) is 20.5. The normalized spacial score (nSPS) is 54.3. The Balaban J connectivity index is 0.892. The Labute approximate surface area is 317 Å². The molecule has 0 aromatic heterocycles. The number of fused-ring (bicyclic) bond motifs is 5. The standard InChI is InChI=1S/C39H66O15/c1-19(40)22-8-11-39(48)24-5-4-20-12-21(6-9-37(20,2)23(24)7-10-38(22,39)3)49-16-29-35(46)26(42)14-33(53-29)51-18-30-36(47)27(43)15-32(54-30)50-17-28-34(45)25(41)13-31(44)52-28/h19-36,40-48H,4-18H2,1-3H3/t19?,20-,21-,22+,23-,24+,25+,26+,27+,28-,29-,30-,31-,32-,33-,34+,35+,36+,37-,38+,39+/m0/s1. The zero-order chi connectivity index (χ0) is 38.7. The Kier molecular flexibility index (Phi) is 12.5. The lowest BCUT2D eigenvalue weighted by atomic mass is 9.43. The molecule has 4 saturated carbocycles. The SMILES string of the molecule is CC(O)[C@H]1CC[C@@]2(O)[C@@H]3CC[C@H]4C[C@@H](OC[C@@H]5O[C@H](OC[C@@H]6O[C@H](OC[C@@H]7O[C@H](O)C[C@@H](O)[C@H]7O)C[C@@H](O)[C@H]6O)C[C@@H](O)[C@H]5O)CC[C@]4(C)[C@H]3CC[C@]12C. The van der Waals surface area contributed by atoms with Crippen molar-refractivity contribution in [2.24, 2.45) is 34.5 Å². The van der Waals surface area contributed by atoms with Crippen molar-refractivity contribution in [3.63, 3.8) is 0 Å². The molecule has 7 aliphatic rings. The Morgan fingerprint density at radius 3 is 1.76 bits per heavy atom. The Morgan fingerprint density at radius 2 is 1.17 bits per heavy atom. The average Bonchev–Trinajstić information content (AvgIpc) is 3.41. The minimum Gasteiger partial charge on any atom is -0.393 e. The van der Waals surface area contributed by atoms with Gasteiger partial charge in [-0.25, -0.2) is 0 Å². The van der Waals surface area contributed by atoms with E-state index >= 15 is 0 Å². The minimum absolute atomic E-state index is 0.0275. The summed E-state index contributed by atoms with van der Waals surface area (Å²) in [5.74, 6) is 1.24. The van der Waals surface area contributed by atoms with Crippen molar-refractivity contribution in [2.45, 2.75) is 189 Å². The molecule has 21 atom stereocenters. The van der Waals surface area contributed by atoms with Gasteiger partial charge in [0.05, 0.1) is 55.9 Å². The van der Waals surface area contributed by atoms with Crippen molar-refractivity contribution in [1.29, 1.82) is 0 Å². The summed E-state index contributed by atoms with van der Waals surface area (Å²) >= 11 is 0. The van der Waals surface area contributed by atoms with Gasteiger partial charge < -0.3 is 74.4 Å². The molecule has 312 valence electrons. The lowest BCUT2D eigenvalue weighted by molar-refractivity contribution is -0.303. The van der Waals surface area contributed by atoms with E-state index in [1.165, 1.54) is 0 Å². The molecular weight excluding hydrogens is 708 g/mol. The highest BCUT2D eigenvalue weighted by Gasteiger charge is 2.67. The summed E-state index contributed by atoms with van der Waals surface area (Å²) in [5, 5.41) is 95.5. The fraction of sp³-hybridized carbons (Fsp3) is 1.00. The molecule has 1 unspecified atom stereocenters. The van der Waals surface area contributed by atoms with Crippen LogP contribution >= 0.6 is 0 Å². The number of rotatable bonds is 10. The van der Waals surface area contributed by atoms with Crippen molar-refractivity contribution >= 4 is 0 Å². The lowest BCUT2D eigenvalue weighted by Gasteiger charge is -2.64. The second-order valence-corrected chi connectivity index (χ2v) is 18.4. The van der Waals surface area contributed by atoms with Gasteiger partial charge in [0.25, 0.3) is 0 Å². The van der Waals surface area contributed by atoms with E-state index < -0.39 is 85.5 Å². The summed E-state index contributed by atoms with van der Waals surface area (Å²) < 4.78 is 35.1. The summed E-state index contributed by atoms with van der Waals surface area (Å²) in [6.07, 6.45) is -5.81. The molecule has 3 heterocycles. The van der Waals surface area contributed by atoms with Gasteiger partial charge in [-0.2, -0.15) is 0 Å². The van der Waals surface area contributed by atoms with Crippen molar-refractivity contribution < 1.29 is 74.4 Å². The van der Waals surface area contributed by atoms with Crippen LogP contribution in [0.2, 0.25) is 0 Å². The highest BCUT2D eigenvalue weighted by Crippen LogP contribution is 2.69. The van der Waals surface area contributed by atoms with E-state index in [1.54, 1.807) is 0 Å². The topological polar surface area (TPSA) is 237 Å². The van der Waals surface area contributed by atoms with Crippen LogP contribution < -0.4 is 0 Å². The predicted molar refractivity (Wildman–Crippen MR) is 188 cm³/mol.